The Morgan fingerprint density at radius 1 is 1.41 bits per heavy atom. The third kappa shape index (κ3) is 4.57. The van der Waals surface area contributed by atoms with Crippen LogP contribution in [0.4, 0.5) is 5.69 Å². The molecule has 0 heterocycles. The Kier molecular flexibility index (Phi) is 6.57. The summed E-state index contributed by atoms with van der Waals surface area (Å²) >= 11 is 0. The van der Waals surface area contributed by atoms with Crippen molar-refractivity contribution >= 4 is 21.4 Å². The van der Waals surface area contributed by atoms with Gasteiger partial charge >= 0.3 is 0 Å². The van der Waals surface area contributed by atoms with Gasteiger partial charge in [0.15, 0.2) is 9.84 Å². The highest BCUT2D eigenvalue weighted by atomic mass is 32.2. The van der Waals surface area contributed by atoms with Crippen LogP contribution in [-0.2, 0) is 21.1 Å². The SMILES string of the molecule is CCc1cccc(C)c1NC(=O)C(C)S(=O)(=O)CCCC#N. The van der Waals surface area contributed by atoms with Crippen molar-refractivity contribution in [1.82, 2.24) is 0 Å². The van der Waals surface area contributed by atoms with Crippen LogP contribution in [0.15, 0.2) is 18.2 Å². The number of para-hydroxylation sites is 1. The van der Waals surface area contributed by atoms with E-state index in [4.69, 9.17) is 5.26 Å². The molecule has 1 unspecified atom stereocenters. The largest absolute Gasteiger partial charge is 0.324 e. The van der Waals surface area contributed by atoms with Gasteiger partial charge in [-0.2, -0.15) is 5.26 Å². The second-order valence-corrected chi connectivity index (χ2v) is 7.66. The molecule has 0 saturated heterocycles. The van der Waals surface area contributed by atoms with E-state index < -0.39 is 21.0 Å². The Balaban J connectivity index is 2.87. The number of nitrogens with one attached hydrogen (secondary N) is 1. The minimum atomic E-state index is -3.55. The number of hydrogen-bond acceptors (Lipinski definition) is 4. The molecule has 0 saturated carbocycles. The van der Waals surface area contributed by atoms with E-state index >= 15 is 0 Å². The molecule has 1 atom stereocenters. The number of aryl methyl sites for hydroxylation is 2. The van der Waals surface area contributed by atoms with Crippen molar-refractivity contribution in [2.45, 2.75) is 45.3 Å². The highest BCUT2D eigenvalue weighted by Crippen LogP contribution is 2.22. The zero-order valence-electron chi connectivity index (χ0n) is 13.2. The maximum Gasteiger partial charge on any atom is 0.242 e. The van der Waals surface area contributed by atoms with Gasteiger partial charge < -0.3 is 5.32 Å². The molecule has 5 nitrogen and oxygen atoms in total. The van der Waals surface area contributed by atoms with Gasteiger partial charge in [-0.3, -0.25) is 4.79 Å². The molecule has 1 aromatic carbocycles. The predicted octanol–water partition coefficient (Wildman–Crippen LogP) is 2.60. The minimum absolute atomic E-state index is 0.149. The number of carbonyl (C=O) groups excluding carboxylic acids is 1. The molecule has 1 rings (SSSR count). The molecule has 0 aromatic heterocycles. The van der Waals surface area contributed by atoms with Crippen molar-refractivity contribution in [2.24, 2.45) is 0 Å². The number of anilines is 1. The van der Waals surface area contributed by atoms with Gasteiger partial charge in [0.05, 0.1) is 11.8 Å². The molecular formula is C16H22N2O3S. The lowest BCUT2D eigenvalue weighted by atomic mass is 10.1. The molecule has 0 aliphatic heterocycles. The van der Waals surface area contributed by atoms with Gasteiger partial charge in [-0.1, -0.05) is 25.1 Å². The standard InChI is InChI=1S/C16H22N2O3S/c1-4-14-9-7-8-12(2)15(14)18-16(19)13(3)22(20,21)11-6-5-10-17/h7-9,13H,4-6,11H2,1-3H3,(H,18,19). The Hall–Kier alpha value is -1.87. The van der Waals surface area contributed by atoms with Gasteiger partial charge in [-0.05, 0) is 37.8 Å². The molecule has 0 radical (unpaired) electrons. The van der Waals surface area contributed by atoms with E-state index in [1.54, 1.807) is 0 Å². The number of benzene rings is 1. The van der Waals surface area contributed by atoms with Crippen LogP contribution in [0.1, 0.15) is 37.8 Å². The lowest BCUT2D eigenvalue weighted by molar-refractivity contribution is -0.115. The summed E-state index contributed by atoms with van der Waals surface area (Å²) in [6.07, 6.45) is 1.17. The number of sulfone groups is 1. The van der Waals surface area contributed by atoms with Crippen molar-refractivity contribution in [2.75, 3.05) is 11.1 Å². The molecule has 22 heavy (non-hydrogen) atoms. The number of hydrogen-bond donors (Lipinski definition) is 1. The van der Waals surface area contributed by atoms with Crippen LogP contribution in [0.2, 0.25) is 0 Å². The first-order valence-electron chi connectivity index (χ1n) is 7.31. The van der Waals surface area contributed by atoms with Crippen molar-refractivity contribution in [1.29, 1.82) is 5.26 Å². The molecule has 6 heteroatoms. The summed E-state index contributed by atoms with van der Waals surface area (Å²) in [4.78, 5) is 12.3. The molecule has 1 N–H and O–H groups in total. The molecule has 1 amide bonds. The van der Waals surface area contributed by atoms with E-state index in [0.29, 0.717) is 5.69 Å². The van der Waals surface area contributed by atoms with E-state index in [9.17, 15) is 13.2 Å². The van der Waals surface area contributed by atoms with Gasteiger partial charge in [-0.25, -0.2) is 8.42 Å². The summed E-state index contributed by atoms with van der Waals surface area (Å²) in [5.74, 6) is -0.676. The van der Waals surface area contributed by atoms with Crippen molar-refractivity contribution in [3.05, 3.63) is 29.3 Å². The first kappa shape index (κ1) is 18.2. The lowest BCUT2D eigenvalue weighted by Crippen LogP contribution is -2.34. The average molecular weight is 322 g/mol. The van der Waals surface area contributed by atoms with E-state index in [-0.39, 0.29) is 18.6 Å². The van der Waals surface area contributed by atoms with Crippen LogP contribution in [0.3, 0.4) is 0 Å². The van der Waals surface area contributed by atoms with E-state index in [1.807, 2.05) is 38.1 Å². The fraction of sp³-hybridized carbons (Fsp3) is 0.500. The maximum atomic E-state index is 12.3. The number of nitrogens with zero attached hydrogens (tertiary/aromatic N) is 1. The number of carbonyl (C=O) groups is 1. The second kappa shape index (κ2) is 7.95. The molecule has 0 fully saturated rings. The first-order chi connectivity index (χ1) is 10.3. The Labute approximate surface area is 132 Å². The van der Waals surface area contributed by atoms with Gasteiger partial charge in [0.25, 0.3) is 0 Å². The fourth-order valence-electron chi connectivity index (χ4n) is 2.12. The smallest absolute Gasteiger partial charge is 0.242 e. The van der Waals surface area contributed by atoms with Crippen LogP contribution < -0.4 is 5.32 Å². The summed E-state index contributed by atoms with van der Waals surface area (Å²) in [5, 5.41) is 10.1. The van der Waals surface area contributed by atoms with E-state index in [1.165, 1.54) is 6.92 Å². The van der Waals surface area contributed by atoms with Crippen molar-refractivity contribution < 1.29 is 13.2 Å². The predicted molar refractivity (Wildman–Crippen MR) is 87.3 cm³/mol. The first-order valence-corrected chi connectivity index (χ1v) is 9.03. The third-order valence-corrected chi connectivity index (χ3v) is 5.76. The average Bonchev–Trinajstić information content (AvgIpc) is 2.48. The summed E-state index contributed by atoms with van der Waals surface area (Å²) in [7, 11) is -3.55. The molecule has 120 valence electrons. The number of unbranched alkanes of at least 4 members (excludes halogenated alkanes) is 1. The quantitative estimate of drug-likeness (QED) is 0.782. The topological polar surface area (TPSA) is 87.0 Å². The Morgan fingerprint density at radius 3 is 2.68 bits per heavy atom. The number of amides is 1. The van der Waals surface area contributed by atoms with Crippen LogP contribution in [0, 0.1) is 18.3 Å². The van der Waals surface area contributed by atoms with Gasteiger partial charge in [0.1, 0.15) is 5.25 Å². The summed E-state index contributed by atoms with van der Waals surface area (Å²) in [6, 6.07) is 7.60. The molecule has 0 aliphatic carbocycles. The zero-order valence-corrected chi connectivity index (χ0v) is 14.0. The van der Waals surface area contributed by atoms with E-state index in [0.717, 1.165) is 17.5 Å². The molecule has 0 aliphatic rings. The number of rotatable bonds is 7. The van der Waals surface area contributed by atoms with Crippen molar-refractivity contribution in [3.8, 4) is 6.07 Å². The van der Waals surface area contributed by atoms with Crippen LogP contribution >= 0.6 is 0 Å². The summed E-state index contributed by atoms with van der Waals surface area (Å²) in [5.41, 5.74) is 2.57. The molecular weight excluding hydrogens is 300 g/mol. The molecule has 0 spiro atoms. The number of nitriles is 1. The minimum Gasteiger partial charge on any atom is -0.324 e. The van der Waals surface area contributed by atoms with Crippen LogP contribution in [0.5, 0.6) is 0 Å². The lowest BCUT2D eigenvalue weighted by Gasteiger charge is -2.16. The van der Waals surface area contributed by atoms with Crippen LogP contribution in [0.25, 0.3) is 0 Å². The highest BCUT2D eigenvalue weighted by molar-refractivity contribution is 7.92. The molecule has 1 aromatic rings. The Bertz CT molecular complexity index is 675. The third-order valence-electron chi connectivity index (χ3n) is 3.61. The second-order valence-electron chi connectivity index (χ2n) is 5.22. The fourth-order valence-corrected chi connectivity index (χ4v) is 3.40. The summed E-state index contributed by atoms with van der Waals surface area (Å²) in [6.45, 7) is 5.24. The van der Waals surface area contributed by atoms with Gasteiger partial charge in [0.2, 0.25) is 5.91 Å². The van der Waals surface area contributed by atoms with Crippen molar-refractivity contribution in [3.63, 3.8) is 0 Å². The van der Waals surface area contributed by atoms with Gasteiger partial charge in [0, 0.05) is 12.1 Å². The zero-order chi connectivity index (χ0) is 16.8. The Morgan fingerprint density at radius 2 is 2.09 bits per heavy atom. The maximum absolute atomic E-state index is 12.3. The monoisotopic (exact) mass is 322 g/mol. The highest BCUT2D eigenvalue weighted by Gasteiger charge is 2.28. The normalized spacial score (nSPS) is 12.5. The molecule has 0 bridgehead atoms. The van der Waals surface area contributed by atoms with Gasteiger partial charge in [-0.15, -0.1) is 0 Å². The summed E-state index contributed by atoms with van der Waals surface area (Å²) < 4.78 is 24.2. The van der Waals surface area contributed by atoms with E-state index in [2.05, 4.69) is 5.32 Å². The van der Waals surface area contributed by atoms with Crippen LogP contribution in [-0.4, -0.2) is 25.3 Å².